The maximum absolute atomic E-state index is 5.75. The average molecular weight is 235 g/mol. The molecule has 2 rings (SSSR count). The Bertz CT molecular complexity index is 146. The third kappa shape index (κ3) is 1.54. The molecule has 0 aromatic carbocycles. The van der Waals surface area contributed by atoms with Crippen LogP contribution in [0.4, 0.5) is 0 Å². The molecule has 2 saturated heterocycles. The first-order valence-electron chi connectivity index (χ1n) is 4.75. The highest BCUT2D eigenvalue weighted by molar-refractivity contribution is 9.09. The van der Waals surface area contributed by atoms with Crippen molar-refractivity contribution >= 4 is 15.9 Å². The molecule has 0 radical (unpaired) electrons. The van der Waals surface area contributed by atoms with Gasteiger partial charge in [0.1, 0.15) is 0 Å². The molecule has 2 aliphatic heterocycles. The van der Waals surface area contributed by atoms with Crippen LogP contribution in [0.5, 0.6) is 0 Å². The highest BCUT2D eigenvalue weighted by Crippen LogP contribution is 2.38. The zero-order chi connectivity index (χ0) is 8.44. The van der Waals surface area contributed by atoms with E-state index in [4.69, 9.17) is 9.47 Å². The van der Waals surface area contributed by atoms with Gasteiger partial charge in [-0.15, -0.1) is 0 Å². The van der Waals surface area contributed by atoms with Crippen LogP contribution in [-0.2, 0) is 9.47 Å². The molecule has 0 aromatic heterocycles. The Morgan fingerprint density at radius 1 is 1.08 bits per heavy atom. The normalized spacial score (nSPS) is 43.2. The summed E-state index contributed by atoms with van der Waals surface area (Å²) in [5.74, 6) is -0.267. The second-order valence-corrected chi connectivity index (χ2v) is 4.68. The molecule has 0 unspecified atom stereocenters. The lowest BCUT2D eigenvalue weighted by molar-refractivity contribution is -0.266. The van der Waals surface area contributed by atoms with E-state index in [2.05, 4.69) is 15.9 Å². The van der Waals surface area contributed by atoms with Crippen molar-refractivity contribution in [2.75, 3.05) is 13.2 Å². The zero-order valence-electron chi connectivity index (χ0n) is 7.22. The van der Waals surface area contributed by atoms with E-state index in [-0.39, 0.29) is 5.79 Å². The summed E-state index contributed by atoms with van der Waals surface area (Å²) in [4.78, 5) is 0.402. The van der Waals surface area contributed by atoms with Crippen molar-refractivity contribution in [1.29, 1.82) is 0 Å². The van der Waals surface area contributed by atoms with Gasteiger partial charge in [0, 0.05) is 6.42 Å². The van der Waals surface area contributed by atoms with Crippen molar-refractivity contribution < 1.29 is 9.47 Å². The molecule has 0 N–H and O–H groups in total. The highest BCUT2D eigenvalue weighted by atomic mass is 79.9. The number of alkyl halides is 1. The van der Waals surface area contributed by atoms with Gasteiger partial charge in [-0.1, -0.05) is 15.9 Å². The van der Waals surface area contributed by atoms with Crippen molar-refractivity contribution in [3.8, 4) is 0 Å². The molecular weight excluding hydrogens is 220 g/mol. The second-order valence-electron chi connectivity index (χ2n) is 3.58. The lowest BCUT2D eigenvalue weighted by atomic mass is 9.97. The Morgan fingerprint density at radius 3 is 2.42 bits per heavy atom. The van der Waals surface area contributed by atoms with Crippen molar-refractivity contribution in [2.24, 2.45) is 0 Å². The molecule has 1 spiro atoms. The summed E-state index contributed by atoms with van der Waals surface area (Å²) in [6.45, 7) is 1.73. The summed E-state index contributed by atoms with van der Waals surface area (Å²) in [5, 5.41) is 0. The fourth-order valence-corrected chi connectivity index (χ4v) is 2.79. The van der Waals surface area contributed by atoms with Gasteiger partial charge in [0.05, 0.1) is 18.0 Å². The first-order valence-corrected chi connectivity index (χ1v) is 5.67. The van der Waals surface area contributed by atoms with Crippen LogP contribution in [0.15, 0.2) is 0 Å². The summed E-state index contributed by atoms with van der Waals surface area (Å²) in [6, 6.07) is 0. The van der Waals surface area contributed by atoms with E-state index in [0.717, 1.165) is 26.1 Å². The van der Waals surface area contributed by atoms with Crippen molar-refractivity contribution in [3.05, 3.63) is 0 Å². The minimum atomic E-state index is -0.267. The summed E-state index contributed by atoms with van der Waals surface area (Å²) >= 11 is 3.66. The van der Waals surface area contributed by atoms with E-state index in [1.54, 1.807) is 0 Å². The fraction of sp³-hybridized carbons (Fsp3) is 1.00. The Balaban J connectivity index is 2.04. The SMILES string of the molecule is Br[C@@H]1CCCO[C@]12CCCCO2. The standard InChI is InChI=1S/C9H15BrO2/c10-8-4-3-7-12-9(8)5-1-2-6-11-9/h8H,1-7H2/t8-,9-/m1/s1. The first-order chi connectivity index (χ1) is 5.83. The van der Waals surface area contributed by atoms with E-state index in [1.807, 2.05) is 0 Å². The van der Waals surface area contributed by atoms with E-state index in [9.17, 15) is 0 Å². The van der Waals surface area contributed by atoms with Crippen LogP contribution in [-0.4, -0.2) is 23.8 Å². The smallest absolute Gasteiger partial charge is 0.180 e. The van der Waals surface area contributed by atoms with Gasteiger partial charge < -0.3 is 9.47 Å². The lowest BCUT2D eigenvalue weighted by Gasteiger charge is -2.43. The average Bonchev–Trinajstić information content (AvgIpc) is 2.12. The summed E-state index contributed by atoms with van der Waals surface area (Å²) < 4.78 is 11.5. The first kappa shape index (κ1) is 8.97. The molecule has 0 bridgehead atoms. The molecule has 2 nitrogen and oxygen atoms in total. The molecule has 0 aromatic rings. The highest BCUT2D eigenvalue weighted by Gasteiger charge is 2.42. The molecule has 2 atom stereocenters. The van der Waals surface area contributed by atoms with Crippen LogP contribution >= 0.6 is 15.9 Å². The molecule has 0 amide bonds. The van der Waals surface area contributed by atoms with Crippen LogP contribution in [0.3, 0.4) is 0 Å². The molecule has 0 saturated carbocycles. The van der Waals surface area contributed by atoms with Crippen LogP contribution in [0.25, 0.3) is 0 Å². The molecule has 12 heavy (non-hydrogen) atoms. The Morgan fingerprint density at radius 2 is 1.83 bits per heavy atom. The lowest BCUT2D eigenvalue weighted by Crippen LogP contribution is -2.49. The maximum atomic E-state index is 5.75. The molecule has 0 aliphatic carbocycles. The van der Waals surface area contributed by atoms with Gasteiger partial charge in [-0.25, -0.2) is 0 Å². The number of hydrogen-bond acceptors (Lipinski definition) is 2. The molecule has 2 fully saturated rings. The van der Waals surface area contributed by atoms with Gasteiger partial charge in [0.25, 0.3) is 0 Å². The van der Waals surface area contributed by atoms with Crippen LogP contribution in [0, 0.1) is 0 Å². The largest absolute Gasteiger partial charge is 0.349 e. The molecule has 2 aliphatic rings. The minimum Gasteiger partial charge on any atom is -0.349 e. The number of rotatable bonds is 0. The Hall–Kier alpha value is 0.400. The third-order valence-electron chi connectivity index (χ3n) is 2.69. The summed E-state index contributed by atoms with van der Waals surface area (Å²) in [6.07, 6.45) is 5.82. The van der Waals surface area contributed by atoms with Gasteiger partial charge in [-0.05, 0) is 25.7 Å². The van der Waals surface area contributed by atoms with Gasteiger partial charge in [0.2, 0.25) is 0 Å². The number of halogens is 1. The summed E-state index contributed by atoms with van der Waals surface area (Å²) in [5.41, 5.74) is 0. The van der Waals surface area contributed by atoms with Gasteiger partial charge in [0.15, 0.2) is 5.79 Å². The van der Waals surface area contributed by atoms with E-state index < -0.39 is 0 Å². The van der Waals surface area contributed by atoms with Crippen molar-refractivity contribution in [1.82, 2.24) is 0 Å². The van der Waals surface area contributed by atoms with Crippen molar-refractivity contribution in [2.45, 2.75) is 42.7 Å². The second kappa shape index (κ2) is 3.64. The molecular formula is C9H15BrO2. The van der Waals surface area contributed by atoms with E-state index in [1.165, 1.54) is 19.3 Å². The van der Waals surface area contributed by atoms with Crippen LogP contribution in [0.1, 0.15) is 32.1 Å². The number of hydrogen-bond donors (Lipinski definition) is 0. The predicted molar refractivity (Wildman–Crippen MR) is 50.4 cm³/mol. The minimum absolute atomic E-state index is 0.267. The topological polar surface area (TPSA) is 18.5 Å². The van der Waals surface area contributed by atoms with Gasteiger partial charge in [-0.3, -0.25) is 0 Å². The zero-order valence-corrected chi connectivity index (χ0v) is 8.81. The monoisotopic (exact) mass is 234 g/mol. The molecule has 70 valence electrons. The van der Waals surface area contributed by atoms with Gasteiger partial charge >= 0.3 is 0 Å². The van der Waals surface area contributed by atoms with Crippen molar-refractivity contribution in [3.63, 3.8) is 0 Å². The maximum Gasteiger partial charge on any atom is 0.180 e. The molecule has 3 heteroatoms. The summed E-state index contributed by atoms with van der Waals surface area (Å²) in [7, 11) is 0. The Kier molecular flexibility index (Phi) is 2.72. The van der Waals surface area contributed by atoms with E-state index >= 15 is 0 Å². The molecule has 2 heterocycles. The Labute approximate surface area is 81.7 Å². The van der Waals surface area contributed by atoms with Crippen LogP contribution < -0.4 is 0 Å². The quantitative estimate of drug-likeness (QED) is 0.600. The fourth-order valence-electron chi connectivity index (χ4n) is 1.97. The third-order valence-corrected chi connectivity index (χ3v) is 3.85. The van der Waals surface area contributed by atoms with E-state index in [0.29, 0.717) is 4.83 Å². The number of ether oxygens (including phenoxy) is 2. The predicted octanol–water partition coefficient (Wildman–Crippen LogP) is 2.46. The van der Waals surface area contributed by atoms with Crippen LogP contribution in [0.2, 0.25) is 0 Å². The van der Waals surface area contributed by atoms with Gasteiger partial charge in [-0.2, -0.15) is 0 Å².